The minimum atomic E-state index is -0.436. The zero-order valence-electron chi connectivity index (χ0n) is 10.4. The highest BCUT2D eigenvalue weighted by Gasteiger charge is 2.40. The van der Waals surface area contributed by atoms with E-state index in [-0.39, 0.29) is 0 Å². The van der Waals surface area contributed by atoms with Crippen molar-refractivity contribution in [3.63, 3.8) is 0 Å². The van der Waals surface area contributed by atoms with Crippen LogP contribution in [0.3, 0.4) is 0 Å². The topological polar surface area (TPSA) is 45.0 Å². The summed E-state index contributed by atoms with van der Waals surface area (Å²) >= 11 is 0. The second kappa shape index (κ2) is 4.67. The standard InChI is InChI=1S/C14H18N2O/c1-11-6-5-9-14(11,10-15)16-12-7-3-4-8-13(12)17-2/h3-4,7-8,11,16H,5-6,9H2,1-2H3. The SMILES string of the molecule is COc1ccccc1NC1(C#N)CCCC1C. The average molecular weight is 230 g/mol. The first-order valence-corrected chi connectivity index (χ1v) is 6.04. The molecule has 1 fully saturated rings. The van der Waals surface area contributed by atoms with Crippen LogP contribution in [0.15, 0.2) is 24.3 Å². The molecule has 0 bridgehead atoms. The molecule has 0 aliphatic heterocycles. The summed E-state index contributed by atoms with van der Waals surface area (Å²) in [4.78, 5) is 0. The summed E-state index contributed by atoms with van der Waals surface area (Å²) in [5.41, 5.74) is 0.472. The van der Waals surface area contributed by atoms with Gasteiger partial charge in [0.25, 0.3) is 0 Å². The van der Waals surface area contributed by atoms with Gasteiger partial charge in [0.2, 0.25) is 0 Å². The molecule has 0 radical (unpaired) electrons. The molecule has 0 heterocycles. The Morgan fingerprint density at radius 2 is 2.24 bits per heavy atom. The normalized spacial score (nSPS) is 27.5. The number of anilines is 1. The summed E-state index contributed by atoms with van der Waals surface area (Å²) in [5, 5.41) is 12.8. The summed E-state index contributed by atoms with van der Waals surface area (Å²) < 4.78 is 5.31. The van der Waals surface area contributed by atoms with E-state index < -0.39 is 5.54 Å². The zero-order chi connectivity index (χ0) is 12.3. The lowest BCUT2D eigenvalue weighted by atomic mass is 9.89. The van der Waals surface area contributed by atoms with Gasteiger partial charge in [-0.3, -0.25) is 0 Å². The molecule has 0 saturated heterocycles. The van der Waals surface area contributed by atoms with Gasteiger partial charge in [0.05, 0.1) is 18.9 Å². The molecule has 1 aromatic carbocycles. The first kappa shape index (κ1) is 11.8. The number of rotatable bonds is 3. The van der Waals surface area contributed by atoms with Crippen LogP contribution < -0.4 is 10.1 Å². The number of nitriles is 1. The van der Waals surface area contributed by atoms with E-state index in [1.54, 1.807) is 7.11 Å². The minimum Gasteiger partial charge on any atom is -0.495 e. The molecule has 1 aromatic rings. The molecular weight excluding hydrogens is 212 g/mol. The third kappa shape index (κ3) is 2.08. The lowest BCUT2D eigenvalue weighted by molar-refractivity contribution is 0.411. The van der Waals surface area contributed by atoms with Crippen molar-refractivity contribution in [3.05, 3.63) is 24.3 Å². The third-order valence-electron chi connectivity index (χ3n) is 3.71. The number of methoxy groups -OCH3 is 1. The molecule has 2 atom stereocenters. The maximum atomic E-state index is 9.46. The van der Waals surface area contributed by atoms with Gasteiger partial charge in [-0.25, -0.2) is 0 Å². The molecule has 1 aliphatic carbocycles. The second-order valence-electron chi connectivity index (χ2n) is 4.70. The van der Waals surface area contributed by atoms with Crippen LogP contribution in [0.2, 0.25) is 0 Å². The highest BCUT2D eigenvalue weighted by molar-refractivity contribution is 5.59. The van der Waals surface area contributed by atoms with Crippen molar-refractivity contribution >= 4 is 5.69 Å². The Hall–Kier alpha value is -1.69. The van der Waals surface area contributed by atoms with Crippen LogP contribution in [-0.2, 0) is 0 Å². The van der Waals surface area contributed by atoms with E-state index in [2.05, 4.69) is 18.3 Å². The van der Waals surface area contributed by atoms with E-state index >= 15 is 0 Å². The van der Waals surface area contributed by atoms with Crippen molar-refractivity contribution < 1.29 is 4.74 Å². The molecule has 17 heavy (non-hydrogen) atoms. The van der Waals surface area contributed by atoms with Crippen LogP contribution >= 0.6 is 0 Å². The Balaban J connectivity index is 2.28. The van der Waals surface area contributed by atoms with Gasteiger partial charge >= 0.3 is 0 Å². The molecule has 3 nitrogen and oxygen atoms in total. The smallest absolute Gasteiger partial charge is 0.141 e. The monoisotopic (exact) mass is 230 g/mol. The quantitative estimate of drug-likeness (QED) is 0.867. The molecule has 0 amide bonds. The Morgan fingerprint density at radius 1 is 1.47 bits per heavy atom. The van der Waals surface area contributed by atoms with Crippen molar-refractivity contribution in [2.24, 2.45) is 5.92 Å². The molecule has 3 heteroatoms. The fourth-order valence-electron chi connectivity index (χ4n) is 2.55. The first-order valence-electron chi connectivity index (χ1n) is 6.04. The van der Waals surface area contributed by atoms with Crippen molar-refractivity contribution in [2.75, 3.05) is 12.4 Å². The van der Waals surface area contributed by atoms with Gasteiger partial charge < -0.3 is 10.1 Å². The lowest BCUT2D eigenvalue weighted by Gasteiger charge is -2.29. The second-order valence-corrected chi connectivity index (χ2v) is 4.70. The van der Waals surface area contributed by atoms with Crippen LogP contribution in [0.1, 0.15) is 26.2 Å². The Kier molecular flexibility index (Phi) is 3.23. The predicted octanol–water partition coefficient (Wildman–Crippen LogP) is 3.19. The summed E-state index contributed by atoms with van der Waals surface area (Å²) in [6, 6.07) is 10.2. The van der Waals surface area contributed by atoms with Crippen molar-refractivity contribution in [1.82, 2.24) is 0 Å². The van der Waals surface area contributed by atoms with Gasteiger partial charge in [0, 0.05) is 0 Å². The van der Waals surface area contributed by atoms with Crippen molar-refractivity contribution in [2.45, 2.75) is 31.7 Å². The zero-order valence-corrected chi connectivity index (χ0v) is 10.4. The minimum absolute atomic E-state index is 0.373. The van der Waals surface area contributed by atoms with Crippen molar-refractivity contribution in [1.29, 1.82) is 5.26 Å². The highest BCUT2D eigenvalue weighted by Crippen LogP contribution is 2.39. The van der Waals surface area contributed by atoms with Gasteiger partial charge in [0.1, 0.15) is 11.3 Å². The molecule has 2 rings (SSSR count). The largest absolute Gasteiger partial charge is 0.495 e. The Bertz CT molecular complexity index is 438. The fraction of sp³-hybridized carbons (Fsp3) is 0.500. The van der Waals surface area contributed by atoms with E-state index in [4.69, 9.17) is 4.74 Å². The average Bonchev–Trinajstić information content (AvgIpc) is 2.72. The molecule has 2 unspecified atom stereocenters. The molecule has 1 saturated carbocycles. The van der Waals surface area contributed by atoms with Crippen LogP contribution in [0.5, 0.6) is 5.75 Å². The van der Waals surface area contributed by atoms with E-state index in [9.17, 15) is 5.26 Å². The van der Waals surface area contributed by atoms with Gasteiger partial charge in [0.15, 0.2) is 0 Å². The summed E-state index contributed by atoms with van der Waals surface area (Å²) in [5.74, 6) is 1.17. The van der Waals surface area contributed by atoms with E-state index in [0.29, 0.717) is 5.92 Å². The molecular formula is C14H18N2O. The number of nitrogens with zero attached hydrogens (tertiary/aromatic N) is 1. The van der Waals surface area contributed by atoms with E-state index in [1.165, 1.54) is 0 Å². The van der Waals surface area contributed by atoms with Gasteiger partial charge in [-0.1, -0.05) is 19.1 Å². The van der Waals surface area contributed by atoms with Gasteiger partial charge in [-0.15, -0.1) is 0 Å². The number of ether oxygens (including phenoxy) is 1. The summed E-state index contributed by atoms with van der Waals surface area (Å²) in [6.45, 7) is 2.14. The van der Waals surface area contributed by atoms with Gasteiger partial charge in [-0.05, 0) is 37.3 Å². The molecule has 1 aliphatic rings. The number of hydrogen-bond donors (Lipinski definition) is 1. The van der Waals surface area contributed by atoms with E-state index in [0.717, 1.165) is 30.7 Å². The number of nitrogens with one attached hydrogen (secondary N) is 1. The highest BCUT2D eigenvalue weighted by atomic mass is 16.5. The lowest BCUT2D eigenvalue weighted by Crippen LogP contribution is -2.39. The molecule has 0 spiro atoms. The molecule has 90 valence electrons. The van der Waals surface area contributed by atoms with Crippen LogP contribution in [-0.4, -0.2) is 12.6 Å². The Morgan fingerprint density at radius 3 is 2.82 bits per heavy atom. The van der Waals surface area contributed by atoms with Gasteiger partial charge in [-0.2, -0.15) is 5.26 Å². The Labute approximate surface area is 102 Å². The summed E-state index contributed by atoms with van der Waals surface area (Å²) in [6.07, 6.45) is 3.12. The number of para-hydroxylation sites is 2. The van der Waals surface area contributed by atoms with Crippen LogP contribution in [0.25, 0.3) is 0 Å². The maximum Gasteiger partial charge on any atom is 0.141 e. The molecule has 0 aromatic heterocycles. The third-order valence-corrected chi connectivity index (χ3v) is 3.71. The first-order chi connectivity index (χ1) is 8.22. The number of benzene rings is 1. The van der Waals surface area contributed by atoms with Crippen LogP contribution in [0, 0.1) is 17.2 Å². The summed E-state index contributed by atoms with van der Waals surface area (Å²) in [7, 11) is 1.65. The van der Waals surface area contributed by atoms with Crippen LogP contribution in [0.4, 0.5) is 5.69 Å². The molecule has 1 N–H and O–H groups in total. The van der Waals surface area contributed by atoms with Crippen molar-refractivity contribution in [3.8, 4) is 11.8 Å². The fourth-order valence-corrected chi connectivity index (χ4v) is 2.55. The predicted molar refractivity (Wildman–Crippen MR) is 68.0 cm³/mol. The van der Waals surface area contributed by atoms with E-state index in [1.807, 2.05) is 24.3 Å². The maximum absolute atomic E-state index is 9.46. The number of hydrogen-bond acceptors (Lipinski definition) is 3.